The lowest BCUT2D eigenvalue weighted by molar-refractivity contribution is -0.124. The summed E-state index contributed by atoms with van der Waals surface area (Å²) >= 11 is 0. The van der Waals surface area contributed by atoms with Crippen molar-refractivity contribution in [3.05, 3.63) is 54.1 Å². The maximum atomic E-state index is 11.7. The van der Waals surface area contributed by atoms with E-state index in [1.54, 1.807) is 10.9 Å². The molecule has 0 spiro atoms. The van der Waals surface area contributed by atoms with E-state index >= 15 is 0 Å². The Bertz CT molecular complexity index is 627. The van der Waals surface area contributed by atoms with Crippen molar-refractivity contribution in [3.8, 4) is 5.69 Å². The van der Waals surface area contributed by atoms with Crippen LogP contribution in [0.2, 0.25) is 0 Å². The smallest absolute Gasteiger partial charge is 0.249 e. The van der Waals surface area contributed by atoms with Gasteiger partial charge in [0.25, 0.3) is 0 Å². The van der Waals surface area contributed by atoms with Gasteiger partial charge in [0.2, 0.25) is 5.91 Å². The normalized spacial score (nSPS) is 15.3. The Morgan fingerprint density at radius 2 is 1.95 bits per heavy atom. The number of nitrogens with zero attached hydrogens (tertiary/aromatic N) is 3. The van der Waals surface area contributed by atoms with Crippen LogP contribution >= 0.6 is 12.4 Å². The first-order valence-corrected chi connectivity index (χ1v) is 6.52. The third-order valence-electron chi connectivity index (χ3n) is 3.42. The molecule has 1 amide bonds. The topological polar surface area (TPSA) is 47.2 Å². The van der Waals surface area contributed by atoms with E-state index in [9.17, 15) is 4.79 Å². The number of rotatable bonds is 2. The van der Waals surface area contributed by atoms with E-state index in [1.165, 1.54) is 0 Å². The number of aromatic nitrogens is 2. The quantitative estimate of drug-likeness (QED) is 0.853. The summed E-state index contributed by atoms with van der Waals surface area (Å²) in [7, 11) is 0. The number of halogens is 1. The molecule has 1 aliphatic rings. The van der Waals surface area contributed by atoms with Gasteiger partial charge in [0.15, 0.2) is 0 Å². The highest BCUT2D eigenvalue weighted by Gasteiger charge is 2.24. The van der Waals surface area contributed by atoms with Crippen molar-refractivity contribution in [1.29, 1.82) is 0 Å². The highest BCUT2D eigenvalue weighted by atomic mass is 35.5. The molecule has 0 aliphatic heterocycles. The number of carbonyl (C=O) groups is 1. The molecule has 5 heteroatoms. The van der Waals surface area contributed by atoms with Gasteiger partial charge in [-0.05, 0) is 31.0 Å². The predicted octanol–water partition coefficient (Wildman–Crippen LogP) is 2.52. The molecule has 1 aromatic carbocycles. The van der Waals surface area contributed by atoms with Gasteiger partial charge in [-0.25, -0.2) is 9.67 Å². The first-order chi connectivity index (χ1) is 9.33. The minimum Gasteiger partial charge on any atom is -0.272 e. The number of carbonyl (C=O) groups excluding carboxylic acids is 1. The second kappa shape index (κ2) is 6.48. The van der Waals surface area contributed by atoms with E-state index in [0.29, 0.717) is 5.36 Å². The molecule has 3 rings (SSSR count). The molecule has 0 atom stereocenters. The third-order valence-corrected chi connectivity index (χ3v) is 3.42. The largest absolute Gasteiger partial charge is 0.272 e. The molecule has 0 radical (unpaired) electrons. The van der Waals surface area contributed by atoms with Crippen molar-refractivity contribution in [2.45, 2.75) is 19.3 Å². The Morgan fingerprint density at radius 3 is 2.50 bits per heavy atom. The lowest BCUT2D eigenvalue weighted by atomic mass is 9.85. The first-order valence-electron chi connectivity index (χ1n) is 6.52. The summed E-state index contributed by atoms with van der Waals surface area (Å²) in [6.07, 6.45) is 6.55. The molecule has 1 fully saturated rings. The summed E-state index contributed by atoms with van der Waals surface area (Å²) in [5.41, 5.74) is 0.986. The number of para-hydroxylation sites is 1. The van der Waals surface area contributed by atoms with Crippen LogP contribution in [-0.2, 0) is 4.79 Å². The summed E-state index contributed by atoms with van der Waals surface area (Å²) < 4.78 is 1.76. The van der Waals surface area contributed by atoms with E-state index in [-0.39, 0.29) is 24.2 Å². The van der Waals surface area contributed by atoms with Crippen LogP contribution in [0.3, 0.4) is 0 Å². The minimum atomic E-state index is -0.00879. The monoisotopic (exact) mass is 289 g/mol. The van der Waals surface area contributed by atoms with Crippen LogP contribution in [-0.4, -0.2) is 15.7 Å². The van der Waals surface area contributed by atoms with Crippen LogP contribution in [0.25, 0.3) is 5.69 Å². The molecule has 1 heterocycles. The summed E-state index contributed by atoms with van der Waals surface area (Å²) in [6.45, 7) is 0. The van der Waals surface area contributed by atoms with Gasteiger partial charge in [-0.2, -0.15) is 5.10 Å². The number of amides is 1. The Kier molecular flexibility index (Phi) is 4.69. The molecule has 20 heavy (non-hydrogen) atoms. The fraction of sp³-hybridized carbons (Fsp3) is 0.267. The maximum Gasteiger partial charge on any atom is 0.249 e. The Labute approximate surface area is 123 Å². The van der Waals surface area contributed by atoms with Crippen LogP contribution in [0.1, 0.15) is 19.3 Å². The average molecular weight is 290 g/mol. The molecule has 1 aromatic heterocycles. The van der Waals surface area contributed by atoms with Crippen LogP contribution in [0.4, 0.5) is 0 Å². The second-order valence-corrected chi connectivity index (χ2v) is 4.74. The third kappa shape index (κ3) is 3.14. The predicted molar refractivity (Wildman–Crippen MR) is 78.7 cm³/mol. The molecule has 0 N–H and O–H groups in total. The van der Waals surface area contributed by atoms with E-state index in [2.05, 4.69) is 10.1 Å². The zero-order valence-corrected chi connectivity index (χ0v) is 11.8. The summed E-state index contributed by atoms with van der Waals surface area (Å²) in [5, 5.41) is 4.90. The number of hydrogen-bond donors (Lipinski definition) is 0. The molecular formula is C15H16ClN3O. The van der Waals surface area contributed by atoms with Crippen LogP contribution in [0, 0.1) is 5.92 Å². The maximum absolute atomic E-state index is 11.7. The van der Waals surface area contributed by atoms with Gasteiger partial charge < -0.3 is 0 Å². The zero-order chi connectivity index (χ0) is 13.1. The summed E-state index contributed by atoms with van der Waals surface area (Å²) in [4.78, 5) is 15.8. The lowest BCUT2D eigenvalue weighted by Crippen LogP contribution is -2.22. The standard InChI is InChI=1S/C15H15N3O.ClH/c19-15(12-5-4-6-12)17-13-9-10-18(16-11-13)14-7-2-1-3-8-14;/h1-3,7-12H,4-6H2;1H. The van der Waals surface area contributed by atoms with Crippen LogP contribution < -0.4 is 5.36 Å². The van der Waals surface area contributed by atoms with Gasteiger partial charge in [-0.15, -0.1) is 12.4 Å². The van der Waals surface area contributed by atoms with E-state index in [1.807, 2.05) is 42.6 Å². The molecule has 2 aromatic rings. The van der Waals surface area contributed by atoms with Gasteiger partial charge in [-0.1, -0.05) is 24.6 Å². The zero-order valence-electron chi connectivity index (χ0n) is 11.0. The van der Waals surface area contributed by atoms with Gasteiger partial charge in [0.05, 0.1) is 17.2 Å². The van der Waals surface area contributed by atoms with Gasteiger partial charge >= 0.3 is 0 Å². The molecular weight excluding hydrogens is 274 g/mol. The second-order valence-electron chi connectivity index (χ2n) is 4.74. The van der Waals surface area contributed by atoms with Gasteiger partial charge in [0.1, 0.15) is 0 Å². The minimum absolute atomic E-state index is 0. The molecule has 1 aliphatic carbocycles. The number of benzene rings is 1. The van der Waals surface area contributed by atoms with Crippen molar-refractivity contribution in [3.63, 3.8) is 0 Å². The van der Waals surface area contributed by atoms with Crippen molar-refractivity contribution in [2.24, 2.45) is 10.9 Å². The molecule has 1 saturated carbocycles. The van der Waals surface area contributed by atoms with Crippen molar-refractivity contribution >= 4 is 18.3 Å². The Balaban J connectivity index is 0.00000147. The van der Waals surface area contributed by atoms with Crippen molar-refractivity contribution in [2.75, 3.05) is 0 Å². The van der Waals surface area contributed by atoms with Crippen molar-refractivity contribution in [1.82, 2.24) is 9.78 Å². The molecule has 0 saturated heterocycles. The molecule has 104 valence electrons. The van der Waals surface area contributed by atoms with E-state index in [4.69, 9.17) is 0 Å². The average Bonchev–Trinajstić information content (AvgIpc) is 2.38. The highest BCUT2D eigenvalue weighted by molar-refractivity contribution is 5.85. The summed E-state index contributed by atoms with van der Waals surface area (Å²) in [5.74, 6) is 0.131. The molecule has 0 bridgehead atoms. The first kappa shape index (κ1) is 14.5. The fourth-order valence-electron chi connectivity index (χ4n) is 2.02. The summed E-state index contributed by atoms with van der Waals surface area (Å²) in [6, 6.07) is 11.7. The van der Waals surface area contributed by atoms with Crippen molar-refractivity contribution < 1.29 is 4.79 Å². The van der Waals surface area contributed by atoms with Crippen LogP contribution in [0.5, 0.6) is 0 Å². The SMILES string of the molecule is Cl.O=C(N=c1ccn(-c2ccccc2)nc1)C1CCC1. The van der Waals surface area contributed by atoms with Crippen LogP contribution in [0.15, 0.2) is 53.8 Å². The lowest BCUT2D eigenvalue weighted by Gasteiger charge is -2.20. The number of hydrogen-bond acceptors (Lipinski definition) is 2. The molecule has 4 nitrogen and oxygen atoms in total. The fourth-order valence-corrected chi connectivity index (χ4v) is 2.02. The van der Waals surface area contributed by atoms with Gasteiger partial charge in [-0.3, -0.25) is 4.79 Å². The Morgan fingerprint density at radius 1 is 1.20 bits per heavy atom. The highest BCUT2D eigenvalue weighted by Crippen LogP contribution is 2.27. The molecule has 0 unspecified atom stereocenters. The van der Waals surface area contributed by atoms with Gasteiger partial charge in [0, 0.05) is 12.1 Å². The van der Waals surface area contributed by atoms with E-state index in [0.717, 1.165) is 24.9 Å². The Hall–Kier alpha value is -1.94. The van der Waals surface area contributed by atoms with E-state index < -0.39 is 0 Å².